The molecule has 1 fully saturated rings. The number of piperidine rings is 1. The van der Waals surface area contributed by atoms with Crippen LogP contribution < -0.4 is 10.2 Å². The number of rotatable bonds is 5. The molecule has 2 N–H and O–H groups in total. The lowest BCUT2D eigenvalue weighted by Crippen LogP contribution is -2.30. The number of hydrogen-bond acceptors (Lipinski definition) is 3. The van der Waals surface area contributed by atoms with E-state index in [0.29, 0.717) is 6.54 Å². The lowest BCUT2D eigenvalue weighted by atomic mass is 10.1. The lowest BCUT2D eigenvalue weighted by Gasteiger charge is -2.29. The van der Waals surface area contributed by atoms with Crippen LogP contribution in [-0.2, 0) is 0 Å². The molecule has 2 unspecified atom stereocenters. The Morgan fingerprint density at radius 1 is 1.25 bits per heavy atom. The highest BCUT2D eigenvalue weighted by molar-refractivity contribution is 5.49. The molecule has 20 heavy (non-hydrogen) atoms. The zero-order valence-electron chi connectivity index (χ0n) is 12.4. The number of nitrogens with zero attached hydrogens (tertiary/aromatic N) is 1. The molecule has 0 radical (unpaired) electrons. The first-order valence-electron chi connectivity index (χ1n) is 7.54. The van der Waals surface area contributed by atoms with Crippen LogP contribution in [0.15, 0.2) is 18.2 Å². The zero-order valence-corrected chi connectivity index (χ0v) is 12.4. The van der Waals surface area contributed by atoms with Gasteiger partial charge in [-0.25, -0.2) is 4.39 Å². The number of anilines is 1. The van der Waals surface area contributed by atoms with E-state index >= 15 is 0 Å². The van der Waals surface area contributed by atoms with E-state index in [1.165, 1.54) is 6.42 Å². The maximum atomic E-state index is 14.3. The second-order valence-electron chi connectivity index (χ2n) is 5.74. The van der Waals surface area contributed by atoms with E-state index in [1.807, 2.05) is 19.1 Å². The average molecular weight is 280 g/mol. The minimum absolute atomic E-state index is 0.0366. The van der Waals surface area contributed by atoms with Crippen molar-refractivity contribution in [2.45, 2.75) is 45.3 Å². The highest BCUT2D eigenvalue weighted by Gasteiger charge is 2.16. The first-order chi connectivity index (χ1) is 9.58. The number of hydrogen-bond donors (Lipinski definition) is 2. The first kappa shape index (κ1) is 15.3. The van der Waals surface area contributed by atoms with Gasteiger partial charge in [-0.15, -0.1) is 0 Å². The molecule has 0 bridgehead atoms. The summed E-state index contributed by atoms with van der Waals surface area (Å²) in [4.78, 5) is 2.14. The van der Waals surface area contributed by atoms with E-state index in [4.69, 9.17) is 0 Å². The van der Waals surface area contributed by atoms with E-state index in [-0.39, 0.29) is 11.9 Å². The van der Waals surface area contributed by atoms with Gasteiger partial charge in [0.2, 0.25) is 0 Å². The van der Waals surface area contributed by atoms with Crippen molar-refractivity contribution in [3.05, 3.63) is 29.6 Å². The molecule has 1 aromatic rings. The zero-order chi connectivity index (χ0) is 14.5. The summed E-state index contributed by atoms with van der Waals surface area (Å²) in [6.45, 7) is 6.13. The molecule has 3 nitrogen and oxygen atoms in total. The molecular formula is C16H25FN2O. The van der Waals surface area contributed by atoms with Gasteiger partial charge in [-0.05, 0) is 50.8 Å². The Morgan fingerprint density at radius 3 is 2.55 bits per heavy atom. The van der Waals surface area contributed by atoms with Crippen molar-refractivity contribution >= 4 is 5.69 Å². The summed E-state index contributed by atoms with van der Waals surface area (Å²) in [5.41, 5.74) is 1.64. The van der Waals surface area contributed by atoms with Crippen molar-refractivity contribution in [1.29, 1.82) is 0 Å². The van der Waals surface area contributed by atoms with Crippen LogP contribution in [0.1, 0.15) is 44.7 Å². The number of aliphatic hydroxyl groups is 1. The van der Waals surface area contributed by atoms with Crippen LogP contribution in [0.4, 0.5) is 10.1 Å². The van der Waals surface area contributed by atoms with Gasteiger partial charge in [-0.2, -0.15) is 0 Å². The molecule has 1 saturated heterocycles. The van der Waals surface area contributed by atoms with Crippen molar-refractivity contribution in [2.24, 2.45) is 0 Å². The molecule has 2 atom stereocenters. The molecule has 112 valence electrons. The molecule has 0 saturated carbocycles. The summed E-state index contributed by atoms with van der Waals surface area (Å²) in [6.07, 6.45) is 3.15. The fraction of sp³-hybridized carbons (Fsp3) is 0.625. The van der Waals surface area contributed by atoms with Gasteiger partial charge < -0.3 is 15.3 Å². The van der Waals surface area contributed by atoms with Gasteiger partial charge in [0.15, 0.2) is 0 Å². The van der Waals surface area contributed by atoms with Crippen LogP contribution in [0, 0.1) is 5.82 Å². The van der Waals surface area contributed by atoms with Crippen molar-refractivity contribution in [3.8, 4) is 0 Å². The maximum Gasteiger partial charge on any atom is 0.146 e. The Hall–Kier alpha value is -1.13. The largest absolute Gasteiger partial charge is 0.392 e. The first-order valence-corrected chi connectivity index (χ1v) is 7.54. The predicted molar refractivity (Wildman–Crippen MR) is 80.6 cm³/mol. The van der Waals surface area contributed by atoms with Gasteiger partial charge in [-0.1, -0.05) is 6.07 Å². The van der Waals surface area contributed by atoms with Crippen LogP contribution in [-0.4, -0.2) is 30.8 Å². The third-order valence-corrected chi connectivity index (χ3v) is 3.89. The second-order valence-corrected chi connectivity index (χ2v) is 5.74. The minimum Gasteiger partial charge on any atom is -0.392 e. The normalized spacial score (nSPS) is 18.9. The molecular weight excluding hydrogens is 255 g/mol. The van der Waals surface area contributed by atoms with Crippen molar-refractivity contribution in [2.75, 3.05) is 24.5 Å². The van der Waals surface area contributed by atoms with E-state index < -0.39 is 6.10 Å². The lowest BCUT2D eigenvalue weighted by molar-refractivity contribution is 0.187. The Morgan fingerprint density at radius 2 is 1.95 bits per heavy atom. The van der Waals surface area contributed by atoms with Crippen LogP contribution in [0.3, 0.4) is 0 Å². The number of nitrogens with one attached hydrogen (secondary N) is 1. The quantitative estimate of drug-likeness (QED) is 0.870. The average Bonchev–Trinajstić information content (AvgIpc) is 2.45. The van der Waals surface area contributed by atoms with E-state index in [9.17, 15) is 9.50 Å². The van der Waals surface area contributed by atoms with E-state index in [0.717, 1.165) is 37.2 Å². The van der Waals surface area contributed by atoms with Gasteiger partial charge >= 0.3 is 0 Å². The Labute approximate surface area is 120 Å². The minimum atomic E-state index is -0.394. The van der Waals surface area contributed by atoms with Crippen LogP contribution in [0.2, 0.25) is 0 Å². The van der Waals surface area contributed by atoms with Gasteiger partial charge in [-0.3, -0.25) is 0 Å². The van der Waals surface area contributed by atoms with Crippen molar-refractivity contribution in [1.82, 2.24) is 5.32 Å². The standard InChI is InChI=1S/C16H25FN2O/c1-12(20)11-18-13(2)14-6-7-16(15(17)10-14)19-8-4-3-5-9-19/h6-7,10,12-13,18,20H,3-5,8-9,11H2,1-2H3. The number of benzene rings is 1. The third kappa shape index (κ3) is 3.93. The van der Waals surface area contributed by atoms with Crippen molar-refractivity contribution < 1.29 is 9.50 Å². The topological polar surface area (TPSA) is 35.5 Å². The van der Waals surface area contributed by atoms with Gasteiger partial charge in [0.1, 0.15) is 5.82 Å². The van der Waals surface area contributed by atoms with E-state index in [2.05, 4.69) is 10.2 Å². The number of halogens is 1. The fourth-order valence-corrected chi connectivity index (χ4v) is 2.65. The Balaban J connectivity index is 2.04. The monoisotopic (exact) mass is 280 g/mol. The molecule has 1 aliphatic heterocycles. The molecule has 0 aliphatic carbocycles. The maximum absolute atomic E-state index is 14.3. The summed E-state index contributed by atoms with van der Waals surface area (Å²) in [5, 5.41) is 12.5. The third-order valence-electron chi connectivity index (χ3n) is 3.89. The summed E-state index contributed by atoms with van der Waals surface area (Å²) < 4.78 is 14.3. The van der Waals surface area contributed by atoms with Crippen molar-refractivity contribution in [3.63, 3.8) is 0 Å². The molecule has 0 aromatic heterocycles. The highest BCUT2D eigenvalue weighted by atomic mass is 19.1. The second kappa shape index (κ2) is 7.04. The van der Waals surface area contributed by atoms with E-state index in [1.54, 1.807) is 13.0 Å². The van der Waals surface area contributed by atoms with Gasteiger partial charge in [0.25, 0.3) is 0 Å². The molecule has 1 aliphatic rings. The molecule has 4 heteroatoms. The smallest absolute Gasteiger partial charge is 0.146 e. The summed E-state index contributed by atoms with van der Waals surface area (Å²) >= 11 is 0. The molecule has 0 spiro atoms. The SMILES string of the molecule is CC(O)CNC(C)c1ccc(N2CCCCC2)c(F)c1. The highest BCUT2D eigenvalue weighted by Crippen LogP contribution is 2.26. The summed E-state index contributed by atoms with van der Waals surface area (Å²) in [5.74, 6) is -0.143. The van der Waals surface area contributed by atoms with Crippen LogP contribution in [0.5, 0.6) is 0 Å². The Bertz CT molecular complexity index is 430. The Kier molecular flexibility index (Phi) is 5.38. The molecule has 0 amide bonds. The van der Waals surface area contributed by atoms with Gasteiger partial charge in [0, 0.05) is 25.7 Å². The predicted octanol–water partition coefficient (Wildman–Crippen LogP) is 2.85. The molecule has 2 rings (SSSR count). The summed E-state index contributed by atoms with van der Waals surface area (Å²) in [6, 6.07) is 5.52. The van der Waals surface area contributed by atoms with Gasteiger partial charge in [0.05, 0.1) is 11.8 Å². The molecule has 1 heterocycles. The number of aliphatic hydroxyl groups excluding tert-OH is 1. The molecule has 1 aromatic carbocycles. The van der Waals surface area contributed by atoms with Crippen LogP contribution >= 0.6 is 0 Å². The fourth-order valence-electron chi connectivity index (χ4n) is 2.65. The van der Waals surface area contributed by atoms with Crippen LogP contribution in [0.25, 0.3) is 0 Å². The summed E-state index contributed by atoms with van der Waals surface area (Å²) in [7, 11) is 0.